The van der Waals surface area contributed by atoms with Crippen LogP contribution in [-0.4, -0.2) is 46.5 Å². The van der Waals surface area contributed by atoms with Gasteiger partial charge < -0.3 is 9.84 Å². The molecule has 3 aromatic carbocycles. The average Bonchev–Trinajstić information content (AvgIpc) is 3.40. The molecule has 1 aliphatic heterocycles. The Morgan fingerprint density at radius 2 is 1.57 bits per heavy atom. The molecule has 0 aromatic heterocycles. The number of methoxy groups -OCH3 is 1. The maximum Gasteiger partial charge on any atom is 0.233 e. The lowest BCUT2D eigenvalue weighted by molar-refractivity contribution is -0.144. The zero-order valence-electron chi connectivity index (χ0n) is 27.3. The summed E-state index contributed by atoms with van der Waals surface area (Å²) in [5, 5.41) is 10.9. The highest BCUT2D eigenvalue weighted by molar-refractivity contribution is 14.1. The number of likely N-dealkylation sites (tertiary alicyclic amines) is 1. The molecular weight excluding hydrogens is 729 g/mol. The Morgan fingerprint density at radius 3 is 2.27 bits per heavy atom. The number of nitrogens with zero attached hydrogens (tertiary/aromatic N) is 1. The topological polar surface area (TPSA) is 101 Å². The van der Waals surface area contributed by atoms with Crippen molar-refractivity contribution in [2.45, 2.75) is 62.3 Å². The fourth-order valence-corrected chi connectivity index (χ4v) is 10.5. The summed E-state index contributed by atoms with van der Waals surface area (Å²) in [6.45, 7) is 0. The summed E-state index contributed by atoms with van der Waals surface area (Å²) in [7, 11) is 1.49. The first kappa shape index (κ1) is 32.2. The first-order valence-corrected chi connectivity index (χ1v) is 18.4. The fraction of sp³-hybridized carbons (Fsp3) is 0.366. The summed E-state index contributed by atoms with van der Waals surface area (Å²) in [5.74, 6) is -3.23. The Labute approximate surface area is 299 Å². The highest BCUT2D eigenvalue weighted by atomic mass is 127. The normalized spacial score (nSPS) is 29.9. The van der Waals surface area contributed by atoms with Gasteiger partial charge in [-0.25, -0.2) is 0 Å². The molecule has 1 saturated heterocycles. The molecule has 7 nitrogen and oxygen atoms in total. The largest absolute Gasteiger partial charge is 0.504 e. The number of amides is 2. The maximum absolute atomic E-state index is 15.2. The number of ether oxygens (including phenoxy) is 1. The second-order valence-electron chi connectivity index (χ2n) is 14.2. The van der Waals surface area contributed by atoms with Gasteiger partial charge in [-0.1, -0.05) is 91.6 Å². The van der Waals surface area contributed by atoms with Gasteiger partial charge in [0, 0.05) is 23.5 Å². The summed E-state index contributed by atoms with van der Waals surface area (Å²) < 4.78 is 6.18. The van der Waals surface area contributed by atoms with Gasteiger partial charge in [0.05, 0.1) is 27.9 Å². The molecule has 8 rings (SSSR count). The van der Waals surface area contributed by atoms with E-state index in [4.69, 9.17) is 4.74 Å². The molecule has 250 valence electrons. The molecule has 8 heteroatoms. The third kappa shape index (κ3) is 4.80. The lowest BCUT2D eigenvalue weighted by Gasteiger charge is -2.55. The van der Waals surface area contributed by atoms with Crippen molar-refractivity contribution in [3.63, 3.8) is 0 Å². The van der Waals surface area contributed by atoms with Crippen LogP contribution in [0.5, 0.6) is 11.5 Å². The molecule has 2 amide bonds. The highest BCUT2D eigenvalue weighted by Crippen LogP contribution is 2.64. The number of hydrogen-bond acceptors (Lipinski definition) is 6. The highest BCUT2D eigenvalue weighted by Gasteiger charge is 2.66. The molecule has 49 heavy (non-hydrogen) atoms. The van der Waals surface area contributed by atoms with Crippen LogP contribution in [0.15, 0.2) is 90.5 Å². The summed E-state index contributed by atoms with van der Waals surface area (Å²) in [6.07, 6.45) is 9.06. The van der Waals surface area contributed by atoms with Crippen LogP contribution in [0.4, 0.5) is 0 Å². The van der Waals surface area contributed by atoms with Crippen LogP contribution in [0.25, 0.3) is 5.57 Å². The van der Waals surface area contributed by atoms with E-state index in [1.54, 1.807) is 11.0 Å². The molecule has 1 heterocycles. The van der Waals surface area contributed by atoms with Crippen molar-refractivity contribution in [2.24, 2.45) is 23.7 Å². The van der Waals surface area contributed by atoms with Gasteiger partial charge in [-0.2, -0.15) is 0 Å². The van der Waals surface area contributed by atoms with Crippen molar-refractivity contribution in [2.75, 3.05) is 7.11 Å². The van der Waals surface area contributed by atoms with E-state index in [1.807, 2.05) is 66.7 Å². The number of phenols is 1. The Hall–Kier alpha value is -4.05. The lowest BCUT2D eigenvalue weighted by Crippen LogP contribution is -2.58. The Bertz CT molecular complexity index is 1930. The number of halogens is 1. The number of aromatic hydroxyl groups is 1. The van der Waals surface area contributed by atoms with Crippen LogP contribution in [0, 0.1) is 27.2 Å². The minimum Gasteiger partial charge on any atom is -0.504 e. The molecule has 3 fully saturated rings. The number of hydrogen-bond donors (Lipinski definition) is 1. The lowest BCUT2D eigenvalue weighted by atomic mass is 9.44. The molecule has 0 radical (unpaired) electrons. The van der Waals surface area contributed by atoms with Crippen molar-refractivity contribution in [1.82, 2.24) is 4.90 Å². The number of imide groups is 1. The molecule has 5 aliphatic rings. The third-order valence-electron chi connectivity index (χ3n) is 12.0. The maximum atomic E-state index is 15.2. The van der Waals surface area contributed by atoms with E-state index in [2.05, 4.69) is 28.7 Å². The van der Waals surface area contributed by atoms with Gasteiger partial charge in [-0.3, -0.25) is 24.1 Å². The van der Waals surface area contributed by atoms with Crippen LogP contribution in [0.2, 0.25) is 0 Å². The first-order chi connectivity index (χ1) is 23.8. The second kappa shape index (κ2) is 12.4. The SMILES string of the molecule is COc1cc([C@H]2C3=CC[C@@H]4C(=O)N(C5CCCCC5)C(=O)[C@@H]4[C@@H]3C[C@H]3C(=O)C(c4ccccc4)=CC(=O)[C@@]23c2ccccc2)cc(I)c1O. The standard InChI is InChI=1S/C41H38INO6/c1-49-33-20-24(19-32(42)38(33)46)36-27-17-18-28-35(40(48)43(39(28)47)26-15-9-4-10-16-26)30(27)21-31-37(45)29(23-11-5-2-6-12-23)22-34(44)41(31,36)25-13-7-3-8-14-25/h2-3,5-8,11-14,17,19-20,22,26,28,30-31,35-36,46H,4,9-10,15-16,18,21H2,1H3/t28-,30+,31-,35-,36-,41-/m0/s1. The van der Waals surface area contributed by atoms with Gasteiger partial charge in [0.15, 0.2) is 23.1 Å². The van der Waals surface area contributed by atoms with Crippen LogP contribution < -0.4 is 4.74 Å². The zero-order chi connectivity index (χ0) is 34.0. The Balaban J connectivity index is 1.37. The van der Waals surface area contributed by atoms with Gasteiger partial charge in [-0.15, -0.1) is 0 Å². The first-order valence-electron chi connectivity index (χ1n) is 17.3. The van der Waals surface area contributed by atoms with E-state index < -0.39 is 35.0 Å². The van der Waals surface area contributed by atoms with Crippen molar-refractivity contribution < 1.29 is 29.0 Å². The summed E-state index contributed by atoms with van der Waals surface area (Å²) in [5.41, 5.74) is 2.09. The van der Waals surface area contributed by atoms with E-state index >= 15 is 9.59 Å². The number of Topliss-reactive ketones (excluding diaryl/α,β-unsaturated/α-hetero) is 1. The van der Waals surface area contributed by atoms with Crippen LogP contribution >= 0.6 is 22.6 Å². The fourth-order valence-electron chi connectivity index (χ4n) is 9.89. The molecule has 0 unspecified atom stereocenters. The van der Waals surface area contributed by atoms with Crippen LogP contribution in [0.1, 0.15) is 67.6 Å². The molecule has 1 N–H and O–H groups in total. The molecule has 6 atom stereocenters. The second-order valence-corrected chi connectivity index (χ2v) is 15.3. The van der Waals surface area contributed by atoms with Gasteiger partial charge in [0.25, 0.3) is 0 Å². The van der Waals surface area contributed by atoms with Crippen LogP contribution in [0.3, 0.4) is 0 Å². The number of allylic oxidation sites excluding steroid dienone is 4. The predicted octanol–water partition coefficient (Wildman–Crippen LogP) is 7.16. The summed E-state index contributed by atoms with van der Waals surface area (Å²) >= 11 is 2.07. The van der Waals surface area contributed by atoms with E-state index in [-0.39, 0.29) is 47.3 Å². The van der Waals surface area contributed by atoms with Crippen molar-refractivity contribution >= 4 is 51.5 Å². The van der Waals surface area contributed by atoms with E-state index in [0.717, 1.165) is 48.8 Å². The predicted molar refractivity (Wildman–Crippen MR) is 193 cm³/mol. The number of carbonyl (C=O) groups is 4. The molecule has 0 bridgehead atoms. The number of carbonyl (C=O) groups excluding carboxylic acids is 4. The summed E-state index contributed by atoms with van der Waals surface area (Å²) in [4.78, 5) is 60.4. The number of phenolic OH excluding ortho intramolecular Hbond substituents is 1. The van der Waals surface area contributed by atoms with Gasteiger partial charge >= 0.3 is 0 Å². The average molecular weight is 768 g/mol. The van der Waals surface area contributed by atoms with Crippen LogP contribution in [-0.2, 0) is 24.6 Å². The molecule has 3 aromatic rings. The number of ketones is 2. The monoisotopic (exact) mass is 767 g/mol. The minimum atomic E-state index is -1.33. The molecule has 4 aliphatic carbocycles. The van der Waals surface area contributed by atoms with Gasteiger partial charge in [0.2, 0.25) is 11.8 Å². The smallest absolute Gasteiger partial charge is 0.233 e. The quantitative estimate of drug-likeness (QED) is 0.168. The molecular formula is C41H38INO6. The number of fused-ring (bicyclic) bond motifs is 4. The molecule has 0 spiro atoms. The van der Waals surface area contributed by atoms with E-state index in [9.17, 15) is 14.7 Å². The van der Waals surface area contributed by atoms with Gasteiger partial charge in [-0.05, 0) is 89.1 Å². The van der Waals surface area contributed by atoms with Crippen molar-refractivity contribution in [3.8, 4) is 11.5 Å². The number of benzene rings is 3. The van der Waals surface area contributed by atoms with Crippen molar-refractivity contribution in [1.29, 1.82) is 0 Å². The third-order valence-corrected chi connectivity index (χ3v) is 12.8. The molecule has 2 saturated carbocycles. The summed E-state index contributed by atoms with van der Waals surface area (Å²) in [6, 6.07) is 22.4. The Kier molecular flexibility index (Phi) is 8.12. The van der Waals surface area contributed by atoms with E-state index in [0.29, 0.717) is 21.1 Å². The zero-order valence-corrected chi connectivity index (χ0v) is 29.5. The number of rotatable bonds is 5. The van der Waals surface area contributed by atoms with Crippen molar-refractivity contribution in [3.05, 3.63) is 111 Å². The minimum absolute atomic E-state index is 0.000735. The van der Waals surface area contributed by atoms with Gasteiger partial charge in [0.1, 0.15) is 0 Å². The van der Waals surface area contributed by atoms with E-state index in [1.165, 1.54) is 13.2 Å². The Morgan fingerprint density at radius 1 is 0.878 bits per heavy atom.